The Morgan fingerprint density at radius 1 is 1.35 bits per heavy atom. The molecule has 17 heavy (non-hydrogen) atoms. The lowest BCUT2D eigenvalue weighted by molar-refractivity contribution is 0.103. The van der Waals surface area contributed by atoms with E-state index >= 15 is 0 Å². The molecule has 1 heterocycles. The maximum atomic E-state index is 13.5. The zero-order valence-corrected chi connectivity index (χ0v) is 10.5. The van der Waals surface area contributed by atoms with Crippen LogP contribution in [0.15, 0.2) is 34.9 Å². The smallest absolute Gasteiger partial charge is 0.214 e. The molecule has 0 saturated heterocycles. The van der Waals surface area contributed by atoms with Crippen LogP contribution in [0.3, 0.4) is 0 Å². The van der Waals surface area contributed by atoms with Crippen LogP contribution in [-0.4, -0.2) is 15.8 Å². The van der Waals surface area contributed by atoms with Crippen molar-refractivity contribution < 1.29 is 9.18 Å². The first-order valence-electron chi connectivity index (χ1n) is 4.87. The summed E-state index contributed by atoms with van der Waals surface area (Å²) >= 11 is 3.20. The predicted octanol–water partition coefficient (Wildman–Crippen LogP) is 2.92. The maximum absolute atomic E-state index is 13.5. The van der Waals surface area contributed by atoms with Crippen molar-refractivity contribution in [2.45, 2.75) is 6.92 Å². The molecule has 0 aliphatic rings. The molecule has 0 amide bonds. The number of ketones is 1. The second kappa shape index (κ2) is 4.71. The van der Waals surface area contributed by atoms with Crippen molar-refractivity contribution in [3.8, 4) is 0 Å². The minimum atomic E-state index is -0.561. The van der Waals surface area contributed by atoms with Crippen LogP contribution in [-0.2, 0) is 0 Å². The Morgan fingerprint density at radius 3 is 2.82 bits per heavy atom. The summed E-state index contributed by atoms with van der Waals surface area (Å²) in [6.07, 6.45) is 1.48. The highest BCUT2D eigenvalue weighted by Crippen LogP contribution is 2.18. The Morgan fingerprint density at radius 2 is 2.12 bits per heavy atom. The topological polar surface area (TPSA) is 42.9 Å². The Hall–Kier alpha value is -1.62. The summed E-state index contributed by atoms with van der Waals surface area (Å²) in [5, 5.41) is 0. The number of benzene rings is 1. The molecule has 1 aromatic carbocycles. The maximum Gasteiger partial charge on any atom is 0.214 e. The van der Waals surface area contributed by atoms with E-state index in [1.165, 1.54) is 30.5 Å². The van der Waals surface area contributed by atoms with Gasteiger partial charge in [-0.05, 0) is 31.2 Å². The Balaban J connectivity index is 2.47. The van der Waals surface area contributed by atoms with Crippen molar-refractivity contribution >= 4 is 21.7 Å². The van der Waals surface area contributed by atoms with Gasteiger partial charge in [-0.2, -0.15) is 0 Å². The van der Waals surface area contributed by atoms with Crippen molar-refractivity contribution in [2.24, 2.45) is 0 Å². The zero-order valence-electron chi connectivity index (χ0n) is 8.95. The summed E-state index contributed by atoms with van der Waals surface area (Å²) in [4.78, 5) is 19.9. The largest absolute Gasteiger partial charge is 0.287 e. The van der Waals surface area contributed by atoms with Crippen molar-refractivity contribution in [3.05, 3.63) is 57.8 Å². The van der Waals surface area contributed by atoms with Crippen LogP contribution >= 0.6 is 15.9 Å². The van der Waals surface area contributed by atoms with Crippen LogP contribution in [0.25, 0.3) is 0 Å². The highest BCUT2D eigenvalue weighted by Gasteiger charge is 2.15. The first kappa shape index (κ1) is 11.9. The lowest BCUT2D eigenvalue weighted by Crippen LogP contribution is -2.07. The van der Waals surface area contributed by atoms with Gasteiger partial charge in [-0.1, -0.05) is 15.9 Å². The number of halogens is 2. The molecule has 0 bridgehead atoms. The third-order valence-electron chi connectivity index (χ3n) is 2.18. The molecule has 0 unspecified atom stereocenters. The summed E-state index contributed by atoms with van der Waals surface area (Å²) in [6, 6.07) is 5.69. The normalized spacial score (nSPS) is 10.3. The lowest BCUT2D eigenvalue weighted by Gasteiger charge is -2.03. The van der Waals surface area contributed by atoms with Gasteiger partial charge in [-0.15, -0.1) is 0 Å². The van der Waals surface area contributed by atoms with E-state index in [9.17, 15) is 9.18 Å². The van der Waals surface area contributed by atoms with Crippen molar-refractivity contribution in [3.63, 3.8) is 0 Å². The molecule has 86 valence electrons. The van der Waals surface area contributed by atoms with E-state index in [0.717, 1.165) is 0 Å². The number of aryl methyl sites for hydroxylation is 1. The third kappa shape index (κ3) is 2.55. The second-order valence-corrected chi connectivity index (χ2v) is 4.36. The fraction of sp³-hybridized carbons (Fsp3) is 0.0833. The van der Waals surface area contributed by atoms with Crippen molar-refractivity contribution in [1.82, 2.24) is 9.97 Å². The average Bonchev–Trinajstić information content (AvgIpc) is 2.31. The van der Waals surface area contributed by atoms with Crippen molar-refractivity contribution in [2.75, 3.05) is 0 Å². The first-order chi connectivity index (χ1) is 8.08. The number of carbonyl (C=O) groups excluding carboxylic acids is 1. The van der Waals surface area contributed by atoms with Gasteiger partial charge in [-0.25, -0.2) is 14.4 Å². The molecule has 5 heteroatoms. The molecule has 0 N–H and O–H groups in total. The molecule has 2 rings (SSSR count). The van der Waals surface area contributed by atoms with Crippen LogP contribution in [0.1, 0.15) is 21.9 Å². The van der Waals surface area contributed by atoms with Crippen LogP contribution in [0.2, 0.25) is 0 Å². The molecule has 0 fully saturated rings. The Kier molecular flexibility index (Phi) is 3.28. The van der Waals surface area contributed by atoms with Gasteiger partial charge >= 0.3 is 0 Å². The van der Waals surface area contributed by atoms with E-state index < -0.39 is 11.6 Å². The van der Waals surface area contributed by atoms with E-state index in [1.807, 2.05) is 0 Å². The van der Waals surface area contributed by atoms with Gasteiger partial charge in [0.2, 0.25) is 5.78 Å². The fourth-order valence-corrected chi connectivity index (χ4v) is 1.75. The average molecular weight is 295 g/mol. The van der Waals surface area contributed by atoms with Gasteiger partial charge in [0.1, 0.15) is 17.3 Å². The third-order valence-corrected chi connectivity index (χ3v) is 2.67. The summed E-state index contributed by atoms with van der Waals surface area (Å²) in [6.45, 7) is 1.67. The first-order valence-corrected chi connectivity index (χ1v) is 5.66. The summed E-state index contributed by atoms with van der Waals surface area (Å²) < 4.78 is 14.2. The minimum absolute atomic E-state index is 0.00234. The van der Waals surface area contributed by atoms with E-state index in [-0.39, 0.29) is 11.3 Å². The van der Waals surface area contributed by atoms with Crippen LogP contribution in [0.5, 0.6) is 0 Å². The lowest BCUT2D eigenvalue weighted by atomic mass is 10.1. The highest BCUT2D eigenvalue weighted by atomic mass is 79.9. The van der Waals surface area contributed by atoms with Gasteiger partial charge in [0.15, 0.2) is 0 Å². The fourth-order valence-electron chi connectivity index (χ4n) is 1.39. The van der Waals surface area contributed by atoms with Gasteiger partial charge in [0, 0.05) is 10.7 Å². The number of carbonyl (C=O) groups is 1. The number of rotatable bonds is 2. The molecule has 1 aromatic heterocycles. The van der Waals surface area contributed by atoms with Crippen LogP contribution in [0.4, 0.5) is 4.39 Å². The summed E-state index contributed by atoms with van der Waals surface area (Å²) in [5.74, 6) is -0.532. The van der Waals surface area contributed by atoms with Crippen LogP contribution in [0, 0.1) is 12.7 Å². The van der Waals surface area contributed by atoms with E-state index in [4.69, 9.17) is 0 Å². The second-order valence-electron chi connectivity index (χ2n) is 3.44. The van der Waals surface area contributed by atoms with E-state index in [0.29, 0.717) is 10.3 Å². The SMILES string of the molecule is Cc1nccc(C(=O)c2cc(Br)ccc2F)n1. The van der Waals surface area contributed by atoms with E-state index in [2.05, 4.69) is 25.9 Å². The number of hydrogen-bond donors (Lipinski definition) is 0. The summed E-state index contributed by atoms with van der Waals surface area (Å²) in [7, 11) is 0. The molecule has 2 aromatic rings. The number of aromatic nitrogens is 2. The Labute approximate surface area is 106 Å². The molecular weight excluding hydrogens is 287 g/mol. The minimum Gasteiger partial charge on any atom is -0.287 e. The summed E-state index contributed by atoms with van der Waals surface area (Å²) in [5.41, 5.74) is 0.187. The zero-order chi connectivity index (χ0) is 12.4. The molecule has 0 saturated carbocycles. The highest BCUT2D eigenvalue weighted by molar-refractivity contribution is 9.10. The molecule has 0 aliphatic carbocycles. The predicted molar refractivity (Wildman–Crippen MR) is 64.3 cm³/mol. The number of hydrogen-bond acceptors (Lipinski definition) is 3. The van der Waals surface area contributed by atoms with Crippen LogP contribution < -0.4 is 0 Å². The molecule has 3 nitrogen and oxygen atoms in total. The van der Waals surface area contributed by atoms with Crippen molar-refractivity contribution in [1.29, 1.82) is 0 Å². The number of nitrogens with zero attached hydrogens (tertiary/aromatic N) is 2. The molecule has 0 atom stereocenters. The Bertz CT molecular complexity index is 586. The van der Waals surface area contributed by atoms with Gasteiger partial charge in [0.05, 0.1) is 5.56 Å². The molecule has 0 spiro atoms. The molecule has 0 aliphatic heterocycles. The van der Waals surface area contributed by atoms with Gasteiger partial charge in [0.25, 0.3) is 0 Å². The molecule has 0 radical (unpaired) electrons. The standard InChI is InChI=1S/C12H8BrFN2O/c1-7-15-5-4-11(16-7)12(17)9-6-8(13)2-3-10(9)14/h2-6H,1H3. The van der Waals surface area contributed by atoms with Gasteiger partial charge < -0.3 is 0 Å². The molecular formula is C12H8BrFN2O. The monoisotopic (exact) mass is 294 g/mol. The van der Waals surface area contributed by atoms with E-state index in [1.54, 1.807) is 6.92 Å². The quantitative estimate of drug-likeness (QED) is 0.800. The van der Waals surface area contributed by atoms with Gasteiger partial charge in [-0.3, -0.25) is 4.79 Å².